The van der Waals surface area contributed by atoms with Gasteiger partial charge in [0.25, 0.3) is 0 Å². The minimum atomic E-state index is -0.188. The highest BCUT2D eigenvalue weighted by atomic mass is 16.5. The molecule has 0 radical (unpaired) electrons. The summed E-state index contributed by atoms with van der Waals surface area (Å²) in [5.41, 5.74) is 8.72. The van der Waals surface area contributed by atoms with E-state index in [1.807, 2.05) is 19.1 Å². The molecule has 1 aromatic carbocycles. The molecule has 0 atom stereocenters. The first kappa shape index (κ1) is 12.8. The number of aromatic nitrogens is 2. The van der Waals surface area contributed by atoms with Crippen LogP contribution in [0.5, 0.6) is 5.75 Å². The molecular weight excluding hydrogens is 252 g/mol. The Morgan fingerprint density at radius 3 is 2.80 bits per heavy atom. The van der Waals surface area contributed by atoms with E-state index in [0.29, 0.717) is 11.5 Å². The van der Waals surface area contributed by atoms with Crippen molar-refractivity contribution in [1.82, 2.24) is 9.66 Å². The zero-order valence-electron chi connectivity index (χ0n) is 12.1. The van der Waals surface area contributed by atoms with Crippen molar-refractivity contribution in [3.05, 3.63) is 29.6 Å². The zero-order chi connectivity index (χ0) is 14.5. The molecule has 1 aromatic heterocycles. The van der Waals surface area contributed by atoms with Gasteiger partial charge in [-0.05, 0) is 25.5 Å². The van der Waals surface area contributed by atoms with Crippen molar-refractivity contribution >= 4 is 5.82 Å². The maximum Gasteiger partial charge on any atom is 0.150 e. The Balaban J connectivity index is 2.16. The lowest BCUT2D eigenvalue weighted by molar-refractivity contribution is 0.139. The molecule has 2 heterocycles. The van der Waals surface area contributed by atoms with Crippen LogP contribution in [0.25, 0.3) is 11.3 Å². The van der Waals surface area contributed by atoms with Crippen LogP contribution in [0.4, 0.5) is 5.82 Å². The predicted molar refractivity (Wildman–Crippen MR) is 80.0 cm³/mol. The van der Waals surface area contributed by atoms with Crippen molar-refractivity contribution in [2.75, 3.05) is 11.6 Å². The van der Waals surface area contributed by atoms with E-state index in [-0.39, 0.29) is 5.60 Å². The van der Waals surface area contributed by atoms with Gasteiger partial charge >= 0.3 is 0 Å². The van der Waals surface area contributed by atoms with Gasteiger partial charge in [-0.25, -0.2) is 9.66 Å². The molecular formula is C15H20N4O. The summed E-state index contributed by atoms with van der Waals surface area (Å²) in [6.45, 7) is 6.17. The highest BCUT2D eigenvalue weighted by Crippen LogP contribution is 2.43. The van der Waals surface area contributed by atoms with Gasteiger partial charge in [0.1, 0.15) is 22.9 Å². The highest BCUT2D eigenvalue weighted by Gasteiger charge is 2.33. The third-order valence-corrected chi connectivity index (χ3v) is 3.68. The van der Waals surface area contributed by atoms with Crippen LogP contribution in [0.3, 0.4) is 0 Å². The van der Waals surface area contributed by atoms with E-state index in [1.165, 1.54) is 10.2 Å². The summed E-state index contributed by atoms with van der Waals surface area (Å²) in [4.78, 5) is 4.56. The smallest absolute Gasteiger partial charge is 0.150 e. The fourth-order valence-corrected chi connectivity index (χ4v) is 2.74. The second-order valence-electron chi connectivity index (χ2n) is 5.82. The number of hydrogen-bond donors (Lipinski definition) is 2. The van der Waals surface area contributed by atoms with E-state index in [9.17, 15) is 0 Å². The van der Waals surface area contributed by atoms with Crippen LogP contribution >= 0.6 is 0 Å². The Labute approximate surface area is 118 Å². The summed E-state index contributed by atoms with van der Waals surface area (Å²) in [6.07, 6.45) is 1.63. The quantitative estimate of drug-likeness (QED) is 0.821. The Hall–Kier alpha value is -2.17. The second-order valence-corrected chi connectivity index (χ2v) is 5.82. The fourth-order valence-electron chi connectivity index (χ4n) is 2.74. The van der Waals surface area contributed by atoms with Crippen LogP contribution in [0.15, 0.2) is 18.2 Å². The fraction of sp³-hybridized carbons (Fsp3) is 0.400. The number of nitrogen functional groups attached to an aromatic ring is 2. The number of imidazole rings is 1. The molecule has 0 spiro atoms. The number of ether oxygens (including phenoxy) is 1. The van der Waals surface area contributed by atoms with Crippen molar-refractivity contribution in [3.8, 4) is 17.0 Å². The molecule has 2 aromatic rings. The number of rotatable bonds is 2. The lowest BCUT2D eigenvalue weighted by Gasteiger charge is -2.18. The van der Waals surface area contributed by atoms with Crippen molar-refractivity contribution in [3.63, 3.8) is 0 Å². The molecule has 106 valence electrons. The lowest BCUT2D eigenvalue weighted by atomic mass is 10.00. The topological polar surface area (TPSA) is 79.1 Å². The molecule has 1 aliphatic heterocycles. The lowest BCUT2D eigenvalue weighted by Crippen LogP contribution is -2.24. The Morgan fingerprint density at radius 2 is 2.15 bits per heavy atom. The van der Waals surface area contributed by atoms with E-state index in [2.05, 4.69) is 24.9 Å². The van der Waals surface area contributed by atoms with Gasteiger partial charge in [-0.2, -0.15) is 0 Å². The second kappa shape index (κ2) is 4.16. The highest BCUT2D eigenvalue weighted by molar-refractivity contribution is 5.78. The number of hydrogen-bond acceptors (Lipinski definition) is 4. The van der Waals surface area contributed by atoms with Gasteiger partial charge in [-0.3, -0.25) is 0 Å². The van der Waals surface area contributed by atoms with Gasteiger partial charge in [0.2, 0.25) is 0 Å². The molecule has 4 N–H and O–H groups in total. The first-order valence-corrected chi connectivity index (χ1v) is 6.86. The molecule has 0 saturated heterocycles. The molecule has 1 aliphatic rings. The summed E-state index contributed by atoms with van der Waals surface area (Å²) in [7, 11) is 0. The Morgan fingerprint density at radius 1 is 1.40 bits per heavy atom. The molecule has 5 heteroatoms. The van der Waals surface area contributed by atoms with Crippen LogP contribution in [-0.4, -0.2) is 15.3 Å². The molecule has 0 amide bonds. The predicted octanol–water partition coefficient (Wildman–Crippen LogP) is 2.12. The average Bonchev–Trinajstić information content (AvgIpc) is 2.86. The summed E-state index contributed by atoms with van der Waals surface area (Å²) in [5, 5.41) is 0. The summed E-state index contributed by atoms with van der Waals surface area (Å²) in [6, 6.07) is 6.09. The maximum absolute atomic E-state index is 6.09. The molecule has 0 fully saturated rings. The number of aryl methyl sites for hydroxylation is 1. The molecule has 20 heavy (non-hydrogen) atoms. The third-order valence-electron chi connectivity index (χ3n) is 3.68. The SMILES string of the molecule is CCc1nc(-c2cccc3c2OC(C)(C)C3)c(N)n1N. The van der Waals surface area contributed by atoms with Crippen LogP contribution < -0.4 is 16.3 Å². The van der Waals surface area contributed by atoms with E-state index >= 15 is 0 Å². The molecule has 0 bridgehead atoms. The number of anilines is 1. The largest absolute Gasteiger partial charge is 0.487 e. The van der Waals surface area contributed by atoms with E-state index in [1.54, 1.807) is 0 Å². The van der Waals surface area contributed by atoms with Crippen LogP contribution in [0, 0.1) is 0 Å². The number of para-hydroxylation sites is 1. The Kier molecular flexibility index (Phi) is 2.67. The van der Waals surface area contributed by atoms with Crippen LogP contribution in [0.1, 0.15) is 32.2 Å². The molecule has 0 aliphatic carbocycles. The van der Waals surface area contributed by atoms with Gasteiger partial charge in [0.05, 0.1) is 0 Å². The van der Waals surface area contributed by atoms with Crippen molar-refractivity contribution < 1.29 is 4.74 Å². The molecule has 0 unspecified atom stereocenters. The zero-order valence-corrected chi connectivity index (χ0v) is 12.1. The van der Waals surface area contributed by atoms with Crippen molar-refractivity contribution in [2.45, 2.75) is 39.2 Å². The van der Waals surface area contributed by atoms with Gasteiger partial charge in [-0.15, -0.1) is 0 Å². The minimum Gasteiger partial charge on any atom is -0.487 e. The van der Waals surface area contributed by atoms with Gasteiger partial charge in [0.15, 0.2) is 5.82 Å². The normalized spacial score (nSPS) is 15.9. The average molecular weight is 272 g/mol. The minimum absolute atomic E-state index is 0.188. The molecule has 0 saturated carbocycles. The van der Waals surface area contributed by atoms with E-state index in [4.69, 9.17) is 16.3 Å². The van der Waals surface area contributed by atoms with Crippen LogP contribution in [0.2, 0.25) is 0 Å². The molecule has 5 nitrogen and oxygen atoms in total. The number of nitrogens with two attached hydrogens (primary N) is 2. The first-order chi connectivity index (χ1) is 9.43. The van der Waals surface area contributed by atoms with Crippen molar-refractivity contribution in [1.29, 1.82) is 0 Å². The summed E-state index contributed by atoms with van der Waals surface area (Å²) >= 11 is 0. The van der Waals surface area contributed by atoms with Gasteiger partial charge in [-0.1, -0.05) is 19.1 Å². The number of nitrogens with zero attached hydrogens (tertiary/aromatic N) is 2. The third kappa shape index (κ3) is 1.81. The molecule has 3 rings (SSSR count). The monoisotopic (exact) mass is 272 g/mol. The maximum atomic E-state index is 6.09. The summed E-state index contributed by atoms with van der Waals surface area (Å²) in [5.74, 6) is 8.06. The Bertz CT molecular complexity index is 673. The first-order valence-electron chi connectivity index (χ1n) is 6.86. The van der Waals surface area contributed by atoms with E-state index < -0.39 is 0 Å². The number of benzene rings is 1. The van der Waals surface area contributed by atoms with E-state index in [0.717, 1.165) is 30.0 Å². The van der Waals surface area contributed by atoms with Crippen LogP contribution in [-0.2, 0) is 12.8 Å². The summed E-state index contributed by atoms with van der Waals surface area (Å²) < 4.78 is 7.53. The van der Waals surface area contributed by atoms with Gasteiger partial charge in [0, 0.05) is 18.4 Å². The van der Waals surface area contributed by atoms with Crippen molar-refractivity contribution in [2.24, 2.45) is 0 Å². The van der Waals surface area contributed by atoms with Gasteiger partial charge < -0.3 is 16.3 Å². The number of fused-ring (bicyclic) bond motifs is 1. The standard InChI is InChI=1S/C15H20N4O/c1-4-11-18-12(14(16)19(11)17)10-7-5-6-9-8-15(2,3)20-13(9)10/h5-7H,4,8,16-17H2,1-3H3.